The second-order valence-electron chi connectivity index (χ2n) is 7.60. The third-order valence-electron chi connectivity index (χ3n) is 5.58. The molecular formula is C26H23ClN2S. The van der Waals surface area contributed by atoms with Crippen molar-refractivity contribution in [3.05, 3.63) is 89.3 Å². The van der Waals surface area contributed by atoms with Gasteiger partial charge < -0.3 is 17.3 Å². The normalized spacial score (nSPS) is 12.6. The summed E-state index contributed by atoms with van der Waals surface area (Å²) in [5.41, 5.74) is 6.34. The summed E-state index contributed by atoms with van der Waals surface area (Å²) in [4.78, 5) is 4.69. The van der Waals surface area contributed by atoms with Crippen LogP contribution in [-0.4, -0.2) is 31.4 Å². The van der Waals surface area contributed by atoms with E-state index in [4.69, 9.17) is 0 Å². The molecule has 0 N–H and O–H groups in total. The molecule has 30 heavy (non-hydrogen) atoms. The zero-order valence-electron chi connectivity index (χ0n) is 17.3. The Kier molecular flexibility index (Phi) is 5.50. The van der Waals surface area contributed by atoms with Gasteiger partial charge in [0.25, 0.3) is 0 Å². The van der Waals surface area contributed by atoms with Crippen molar-refractivity contribution >= 4 is 45.3 Å². The van der Waals surface area contributed by atoms with E-state index < -0.39 is 0 Å². The molecule has 4 aromatic rings. The van der Waals surface area contributed by atoms with Crippen LogP contribution in [0.5, 0.6) is 0 Å². The van der Waals surface area contributed by atoms with Gasteiger partial charge in [-0.1, -0.05) is 36.4 Å². The van der Waals surface area contributed by atoms with E-state index in [1.807, 2.05) is 11.3 Å². The molecule has 0 atom stereocenters. The van der Waals surface area contributed by atoms with Gasteiger partial charge in [-0.05, 0) is 47.4 Å². The van der Waals surface area contributed by atoms with Crippen molar-refractivity contribution < 1.29 is 17.0 Å². The molecule has 0 spiro atoms. The van der Waals surface area contributed by atoms with Crippen molar-refractivity contribution in [2.75, 3.05) is 26.0 Å². The van der Waals surface area contributed by atoms with Gasteiger partial charge in [-0.2, -0.15) is 4.58 Å². The number of nitrogens with zero attached hydrogens (tertiary/aromatic N) is 2. The van der Waals surface area contributed by atoms with Gasteiger partial charge in [0.05, 0.1) is 10.9 Å². The molecule has 1 aromatic heterocycles. The highest BCUT2D eigenvalue weighted by Crippen LogP contribution is 2.35. The van der Waals surface area contributed by atoms with Crippen LogP contribution >= 0.6 is 11.3 Å². The molecule has 4 heteroatoms. The van der Waals surface area contributed by atoms with Crippen LogP contribution in [0.4, 0.5) is 11.4 Å². The van der Waals surface area contributed by atoms with Crippen molar-refractivity contribution in [3.8, 4) is 10.4 Å². The van der Waals surface area contributed by atoms with E-state index >= 15 is 0 Å². The van der Waals surface area contributed by atoms with Crippen LogP contribution in [0.3, 0.4) is 0 Å². The van der Waals surface area contributed by atoms with Gasteiger partial charge >= 0.3 is 0 Å². The maximum Gasteiger partial charge on any atom is 0.214 e. The van der Waals surface area contributed by atoms with Gasteiger partial charge in [0.15, 0.2) is 0 Å². The molecule has 0 bridgehead atoms. The molecular weight excluding hydrogens is 408 g/mol. The summed E-state index contributed by atoms with van der Waals surface area (Å²) >= 11 is 1.83. The van der Waals surface area contributed by atoms with Gasteiger partial charge in [-0.3, -0.25) is 0 Å². The fraction of sp³-hybridized carbons (Fsp3) is 0.115. The lowest BCUT2D eigenvalue weighted by Crippen LogP contribution is -3.00. The number of halogens is 1. The Hall–Kier alpha value is -2.88. The number of benzene rings is 3. The first-order chi connectivity index (χ1) is 14.1. The predicted octanol–water partition coefficient (Wildman–Crippen LogP) is 3.43. The fourth-order valence-electron chi connectivity index (χ4n) is 4.01. The molecule has 5 rings (SSSR count). The number of hydrogen-bond acceptors (Lipinski definition) is 2. The second kappa shape index (κ2) is 8.10. The van der Waals surface area contributed by atoms with E-state index in [0.717, 1.165) is 0 Å². The van der Waals surface area contributed by atoms with Crippen LogP contribution in [0.2, 0.25) is 0 Å². The average Bonchev–Trinajstić information content (AvgIpc) is 3.32. The van der Waals surface area contributed by atoms with E-state index in [1.54, 1.807) is 0 Å². The molecule has 0 saturated heterocycles. The zero-order chi connectivity index (χ0) is 20.0. The van der Waals surface area contributed by atoms with Crippen molar-refractivity contribution in [2.45, 2.75) is 0 Å². The third kappa shape index (κ3) is 3.45. The van der Waals surface area contributed by atoms with E-state index in [-0.39, 0.29) is 12.4 Å². The molecule has 0 aliphatic carbocycles. The van der Waals surface area contributed by atoms with Crippen molar-refractivity contribution in [2.24, 2.45) is 0 Å². The topological polar surface area (TPSA) is 6.25 Å². The predicted molar refractivity (Wildman–Crippen MR) is 127 cm³/mol. The van der Waals surface area contributed by atoms with Crippen LogP contribution < -0.4 is 17.3 Å². The first-order valence-electron chi connectivity index (χ1n) is 9.80. The lowest BCUT2D eigenvalue weighted by molar-refractivity contribution is -0.399. The van der Waals surface area contributed by atoms with Crippen LogP contribution in [0.25, 0.3) is 27.3 Å². The lowest BCUT2D eigenvalue weighted by Gasteiger charge is -2.12. The minimum atomic E-state index is 0. The highest BCUT2D eigenvalue weighted by Gasteiger charge is 2.27. The Morgan fingerprint density at radius 2 is 1.57 bits per heavy atom. The molecule has 0 amide bonds. The molecule has 150 valence electrons. The molecule has 1 aliphatic heterocycles. The van der Waals surface area contributed by atoms with Crippen molar-refractivity contribution in [3.63, 3.8) is 0 Å². The molecule has 1 aliphatic rings. The number of allylic oxidation sites excluding steroid dienone is 1. The van der Waals surface area contributed by atoms with Gasteiger partial charge in [0.2, 0.25) is 11.4 Å². The van der Waals surface area contributed by atoms with E-state index in [9.17, 15) is 0 Å². The average molecular weight is 431 g/mol. The van der Waals surface area contributed by atoms with Crippen molar-refractivity contribution in [1.29, 1.82) is 0 Å². The molecule has 0 radical (unpaired) electrons. The van der Waals surface area contributed by atoms with Gasteiger partial charge in [-0.25, -0.2) is 0 Å². The molecule has 3 aromatic carbocycles. The molecule has 0 unspecified atom stereocenters. The minimum Gasteiger partial charge on any atom is -1.00 e. The quantitative estimate of drug-likeness (QED) is 0.449. The summed E-state index contributed by atoms with van der Waals surface area (Å²) in [6.07, 6.45) is 4.48. The van der Waals surface area contributed by atoms with Gasteiger partial charge in [0.1, 0.15) is 7.05 Å². The first-order valence-corrected chi connectivity index (χ1v) is 10.6. The van der Waals surface area contributed by atoms with Crippen molar-refractivity contribution in [1.82, 2.24) is 0 Å². The van der Waals surface area contributed by atoms with Crippen LogP contribution in [0.15, 0.2) is 78.9 Å². The Morgan fingerprint density at radius 1 is 0.833 bits per heavy atom. The monoisotopic (exact) mass is 430 g/mol. The summed E-state index contributed by atoms with van der Waals surface area (Å²) in [5, 5.41) is 2.65. The number of anilines is 1. The summed E-state index contributed by atoms with van der Waals surface area (Å²) in [6, 6.07) is 26.3. The SMILES string of the molecule is CN(C)c1ccc(-c2ccc(/C=C/C3=[N+](C)c4cccc5cccc3c45)s2)cc1.[Cl-]. The van der Waals surface area contributed by atoms with E-state index in [1.165, 1.54) is 48.7 Å². The number of rotatable bonds is 4. The summed E-state index contributed by atoms with van der Waals surface area (Å²) in [5.74, 6) is 0. The Labute approximate surface area is 187 Å². The Balaban J connectivity index is 0.00000218. The Morgan fingerprint density at radius 3 is 2.30 bits per heavy atom. The number of thiophene rings is 1. The van der Waals surface area contributed by atoms with Gasteiger partial charge in [-0.15, -0.1) is 11.3 Å². The van der Waals surface area contributed by atoms with E-state index in [2.05, 4.69) is 116 Å². The molecule has 0 fully saturated rings. The smallest absolute Gasteiger partial charge is 0.214 e. The maximum atomic E-state index is 2.29. The highest BCUT2D eigenvalue weighted by atomic mass is 35.5. The standard InChI is InChI=1S/C26H23N2S.ClH/c1-27(2)20-12-10-18(11-13-20)25-17-15-21(29-25)14-16-23-22-8-4-6-19-7-5-9-24(26(19)22)28(23)3;/h4-17H,1-3H3;1H/q+1;/p-1. The van der Waals surface area contributed by atoms with Gasteiger partial charge in [0, 0.05) is 41.7 Å². The number of hydrogen-bond donors (Lipinski definition) is 0. The van der Waals surface area contributed by atoms with Crippen LogP contribution in [-0.2, 0) is 0 Å². The third-order valence-corrected chi connectivity index (χ3v) is 6.68. The molecule has 2 heterocycles. The first kappa shape index (κ1) is 20.4. The largest absolute Gasteiger partial charge is 1.00 e. The fourth-order valence-corrected chi connectivity index (χ4v) is 4.92. The molecule has 2 nitrogen and oxygen atoms in total. The lowest BCUT2D eigenvalue weighted by atomic mass is 10.0. The van der Waals surface area contributed by atoms with Crippen LogP contribution in [0.1, 0.15) is 10.4 Å². The minimum absolute atomic E-state index is 0. The zero-order valence-corrected chi connectivity index (χ0v) is 18.8. The maximum absolute atomic E-state index is 2.29. The van der Waals surface area contributed by atoms with Crippen LogP contribution in [0, 0.1) is 0 Å². The second-order valence-corrected chi connectivity index (χ2v) is 8.72. The molecule has 0 saturated carbocycles. The summed E-state index contributed by atoms with van der Waals surface area (Å²) in [7, 11) is 6.29. The highest BCUT2D eigenvalue weighted by molar-refractivity contribution is 7.16. The summed E-state index contributed by atoms with van der Waals surface area (Å²) < 4.78 is 2.29. The summed E-state index contributed by atoms with van der Waals surface area (Å²) in [6.45, 7) is 0. The Bertz CT molecular complexity index is 1270. The van der Waals surface area contributed by atoms with E-state index in [0.29, 0.717) is 0 Å².